The van der Waals surface area contributed by atoms with Gasteiger partial charge in [0.1, 0.15) is 36.2 Å². The van der Waals surface area contributed by atoms with Gasteiger partial charge >= 0.3 is 11.7 Å². The van der Waals surface area contributed by atoms with Gasteiger partial charge in [-0.1, -0.05) is 18.2 Å². The molecule has 0 spiro atoms. The summed E-state index contributed by atoms with van der Waals surface area (Å²) in [6.07, 6.45) is 11.7. The topological polar surface area (TPSA) is 206 Å². The normalized spacial score (nSPS) is 20.5. The number of pyridine rings is 2. The minimum Gasteiger partial charge on any atom is -0.460 e. The number of ether oxygens (including phenoxy) is 2. The fourth-order valence-electron chi connectivity index (χ4n) is 9.65. The molecule has 64 heavy (non-hydrogen) atoms. The number of aromatic nitrogens is 6. The maximum absolute atomic E-state index is 15.8. The molecule has 0 unspecified atom stereocenters. The predicted octanol–water partition coefficient (Wildman–Crippen LogP) is 4.87. The van der Waals surface area contributed by atoms with E-state index in [-0.39, 0.29) is 47.1 Å². The largest absolute Gasteiger partial charge is 0.460 e. The number of aryl methyl sites for hydroxylation is 1. The van der Waals surface area contributed by atoms with E-state index in [0.29, 0.717) is 52.0 Å². The Balaban J connectivity index is 0.942. The van der Waals surface area contributed by atoms with Crippen molar-refractivity contribution >= 4 is 38.5 Å². The van der Waals surface area contributed by atoms with E-state index < -0.39 is 62.1 Å². The van der Waals surface area contributed by atoms with Crippen LogP contribution in [0.3, 0.4) is 0 Å². The van der Waals surface area contributed by atoms with Crippen molar-refractivity contribution in [2.45, 2.75) is 62.2 Å². The molecular formula is C45H42F2N8O8S. The highest BCUT2D eigenvalue weighted by atomic mass is 32.2. The van der Waals surface area contributed by atoms with Gasteiger partial charge in [-0.15, -0.1) is 0 Å². The molecular weight excluding hydrogens is 851 g/mol. The molecule has 1 atom stereocenters. The summed E-state index contributed by atoms with van der Waals surface area (Å²) in [7, 11) is -1.42. The van der Waals surface area contributed by atoms with Crippen LogP contribution in [-0.2, 0) is 44.4 Å². The lowest BCUT2D eigenvalue weighted by atomic mass is 9.55. The van der Waals surface area contributed by atoms with Gasteiger partial charge in [0.05, 0.1) is 33.2 Å². The standard InChI is InChI=1S/C45H42F2N8O8S/c1-54-38-22-48-10-9-32(38)43(57)55(45(54)59)40-8-3-24(19-51-40)16-37(44(58)63-41-28-12-25-11-26(14-28)15-29(41)13-25)52-42(56)33-17-35(47)36(18-34(33)46)53-64(60,61)31-6-4-27(5-7-31)30-20-49-39(23-62-2)50-21-30/h3-10,17-22,25-26,28-29,37,41,53H,11-16,23H2,1-2H3,(H,52,56)/t25?,26?,28?,29?,37-,41?/m0/s1. The molecule has 0 radical (unpaired) electrons. The third kappa shape index (κ3) is 8.27. The molecule has 4 heterocycles. The van der Waals surface area contributed by atoms with Crippen molar-refractivity contribution in [3.05, 3.63) is 135 Å². The van der Waals surface area contributed by atoms with Crippen LogP contribution in [0.4, 0.5) is 14.5 Å². The van der Waals surface area contributed by atoms with E-state index in [1.54, 1.807) is 12.4 Å². The van der Waals surface area contributed by atoms with Crippen molar-refractivity contribution in [2.24, 2.45) is 30.7 Å². The highest BCUT2D eigenvalue weighted by Crippen LogP contribution is 2.54. The Labute approximate surface area is 364 Å². The number of halogens is 2. The molecule has 6 aromatic rings. The van der Waals surface area contributed by atoms with E-state index in [1.165, 1.54) is 86.2 Å². The molecule has 4 aliphatic rings. The molecule has 4 aliphatic carbocycles. The SMILES string of the molecule is COCc1ncc(-c2ccc(S(=O)(=O)Nc3cc(F)c(C(=O)N[C@@H](Cc4ccc(-n5c(=O)c6ccncc6n(C)c5=O)nc4)C(=O)OC4C5CC6CC(C5)CC4C6)cc3F)cc2)cn1. The van der Waals surface area contributed by atoms with Crippen LogP contribution in [0.1, 0.15) is 53.8 Å². The summed E-state index contributed by atoms with van der Waals surface area (Å²) in [5.41, 5.74) is -0.854. The molecule has 330 valence electrons. The maximum atomic E-state index is 15.8. The van der Waals surface area contributed by atoms with Gasteiger partial charge in [0, 0.05) is 57.0 Å². The van der Waals surface area contributed by atoms with Crippen LogP contribution in [0.2, 0.25) is 0 Å². The van der Waals surface area contributed by atoms with Crippen LogP contribution >= 0.6 is 0 Å². The van der Waals surface area contributed by atoms with E-state index in [0.717, 1.165) is 30.3 Å². The molecule has 16 nitrogen and oxygen atoms in total. The zero-order valence-corrected chi connectivity index (χ0v) is 35.4. The number of esters is 1. The first-order valence-corrected chi connectivity index (χ1v) is 22.2. The van der Waals surface area contributed by atoms with Gasteiger partial charge < -0.3 is 14.8 Å². The van der Waals surface area contributed by atoms with Crippen LogP contribution in [-0.4, -0.2) is 68.6 Å². The molecule has 2 N–H and O–H groups in total. The van der Waals surface area contributed by atoms with Crippen LogP contribution in [0.15, 0.2) is 100 Å². The first-order chi connectivity index (χ1) is 30.8. The fourth-order valence-corrected chi connectivity index (χ4v) is 10.7. The molecule has 19 heteroatoms. The average Bonchev–Trinajstić information content (AvgIpc) is 3.28. The number of amides is 1. The number of fused-ring (bicyclic) bond motifs is 1. The Morgan fingerprint density at radius 1 is 0.859 bits per heavy atom. The van der Waals surface area contributed by atoms with Crippen LogP contribution in [0, 0.1) is 35.3 Å². The monoisotopic (exact) mass is 892 g/mol. The summed E-state index contributed by atoms with van der Waals surface area (Å²) in [6, 6.07) is 9.73. The van der Waals surface area contributed by atoms with Crippen molar-refractivity contribution in [1.29, 1.82) is 0 Å². The number of sulfonamides is 1. The zero-order chi connectivity index (χ0) is 44.9. The van der Waals surface area contributed by atoms with Gasteiger partial charge in [-0.2, -0.15) is 0 Å². The van der Waals surface area contributed by atoms with Crippen molar-refractivity contribution in [3.8, 4) is 16.9 Å². The second-order valence-electron chi connectivity index (χ2n) is 16.7. The molecule has 4 aromatic heterocycles. The number of carbonyl (C=O) groups excluding carboxylic acids is 2. The first kappa shape index (κ1) is 42.6. The van der Waals surface area contributed by atoms with Crippen molar-refractivity contribution < 1.29 is 36.3 Å². The van der Waals surface area contributed by atoms with E-state index in [1.807, 2.05) is 4.72 Å². The van der Waals surface area contributed by atoms with Gasteiger partial charge in [0.25, 0.3) is 21.5 Å². The van der Waals surface area contributed by atoms with Crippen LogP contribution in [0.5, 0.6) is 0 Å². The highest BCUT2D eigenvalue weighted by Gasteiger charge is 2.50. The quantitative estimate of drug-likeness (QED) is 0.149. The first-order valence-electron chi connectivity index (χ1n) is 20.7. The third-order valence-corrected chi connectivity index (χ3v) is 13.9. The molecule has 4 bridgehead atoms. The minimum absolute atomic E-state index is 0.00875. The summed E-state index contributed by atoms with van der Waals surface area (Å²) >= 11 is 0. The summed E-state index contributed by atoms with van der Waals surface area (Å²) in [5, 5.41) is 2.77. The minimum atomic E-state index is -4.43. The van der Waals surface area contributed by atoms with Crippen molar-refractivity contribution in [3.63, 3.8) is 0 Å². The number of hydrogen-bond acceptors (Lipinski definition) is 12. The van der Waals surface area contributed by atoms with Crippen LogP contribution in [0.25, 0.3) is 27.8 Å². The molecule has 0 saturated heterocycles. The summed E-state index contributed by atoms with van der Waals surface area (Å²) in [6.45, 7) is 0.222. The molecule has 4 saturated carbocycles. The second kappa shape index (κ2) is 17.1. The number of carbonyl (C=O) groups is 2. The van der Waals surface area contributed by atoms with Crippen molar-refractivity contribution in [2.75, 3.05) is 11.8 Å². The van der Waals surface area contributed by atoms with Gasteiger partial charge in [-0.3, -0.25) is 23.9 Å². The number of anilines is 1. The molecule has 0 aliphatic heterocycles. The third-order valence-electron chi connectivity index (χ3n) is 12.6. The van der Waals surface area contributed by atoms with E-state index in [2.05, 4.69) is 25.3 Å². The average molecular weight is 893 g/mol. The van der Waals surface area contributed by atoms with E-state index >= 15 is 8.78 Å². The number of hydrogen-bond donors (Lipinski definition) is 2. The molecule has 4 fully saturated rings. The summed E-state index contributed by atoms with van der Waals surface area (Å²) < 4.78 is 73.4. The molecule has 1 amide bonds. The van der Waals surface area contributed by atoms with E-state index in [9.17, 15) is 27.6 Å². The Morgan fingerprint density at radius 2 is 1.56 bits per heavy atom. The van der Waals surface area contributed by atoms with Gasteiger partial charge in [0.2, 0.25) is 0 Å². The number of nitrogens with zero attached hydrogens (tertiary/aromatic N) is 6. The van der Waals surface area contributed by atoms with Gasteiger partial charge in [-0.05, 0) is 97.2 Å². The predicted molar refractivity (Wildman–Crippen MR) is 228 cm³/mol. The lowest BCUT2D eigenvalue weighted by molar-refractivity contribution is -0.172. The lowest BCUT2D eigenvalue weighted by Gasteiger charge is -2.53. The molecule has 10 rings (SSSR count). The fraction of sp³-hybridized carbons (Fsp3) is 0.333. The Kier molecular flexibility index (Phi) is 11.4. The van der Waals surface area contributed by atoms with E-state index in [4.69, 9.17) is 9.47 Å². The number of rotatable bonds is 13. The zero-order valence-electron chi connectivity index (χ0n) is 34.6. The van der Waals surface area contributed by atoms with Crippen molar-refractivity contribution in [1.82, 2.24) is 34.4 Å². The number of benzene rings is 2. The van der Waals surface area contributed by atoms with Crippen LogP contribution < -0.4 is 21.3 Å². The smallest absolute Gasteiger partial charge is 0.337 e. The Morgan fingerprint density at radius 3 is 2.22 bits per heavy atom. The van der Waals surface area contributed by atoms with Gasteiger partial charge in [0.15, 0.2) is 5.82 Å². The highest BCUT2D eigenvalue weighted by molar-refractivity contribution is 7.92. The maximum Gasteiger partial charge on any atom is 0.337 e. The Bertz CT molecular complexity index is 2990. The number of nitrogens with one attached hydrogen (secondary N) is 2. The molecule has 2 aromatic carbocycles. The summed E-state index contributed by atoms with van der Waals surface area (Å²) in [5.74, 6) is -2.40. The Hall–Kier alpha value is -6.73. The lowest BCUT2D eigenvalue weighted by Crippen LogP contribution is -2.52. The van der Waals surface area contributed by atoms with Gasteiger partial charge in [-0.25, -0.2) is 46.3 Å². The summed E-state index contributed by atoms with van der Waals surface area (Å²) in [4.78, 5) is 70.9. The number of methoxy groups -OCH3 is 1. The second-order valence-corrected chi connectivity index (χ2v) is 18.4.